The molecule has 0 aliphatic rings. The largest absolute Gasteiger partial charge is 0.359 e. The SMILES string of the molecule is COCOCCCCN=C(C)c1ccccc1. The molecule has 0 bridgehead atoms. The number of benzene rings is 1. The van der Waals surface area contributed by atoms with Gasteiger partial charge in [0.1, 0.15) is 6.79 Å². The van der Waals surface area contributed by atoms with Gasteiger partial charge in [0.25, 0.3) is 0 Å². The number of aliphatic imine (C=N–C) groups is 1. The summed E-state index contributed by atoms with van der Waals surface area (Å²) in [7, 11) is 1.63. The van der Waals surface area contributed by atoms with Crippen molar-refractivity contribution < 1.29 is 9.47 Å². The molecule has 0 saturated carbocycles. The van der Waals surface area contributed by atoms with Crippen LogP contribution in [-0.2, 0) is 9.47 Å². The van der Waals surface area contributed by atoms with E-state index in [9.17, 15) is 0 Å². The average Bonchev–Trinajstić information content (AvgIpc) is 2.38. The molecule has 0 aromatic heterocycles. The fourth-order valence-electron chi connectivity index (χ4n) is 1.48. The van der Waals surface area contributed by atoms with E-state index in [2.05, 4.69) is 24.0 Å². The Morgan fingerprint density at radius 3 is 2.65 bits per heavy atom. The van der Waals surface area contributed by atoms with Gasteiger partial charge in [-0.3, -0.25) is 4.99 Å². The van der Waals surface area contributed by atoms with Crippen LogP contribution in [0.5, 0.6) is 0 Å². The molecule has 0 spiro atoms. The molecule has 0 radical (unpaired) electrons. The fourth-order valence-corrected chi connectivity index (χ4v) is 1.48. The van der Waals surface area contributed by atoms with Gasteiger partial charge in [0.05, 0.1) is 0 Å². The summed E-state index contributed by atoms with van der Waals surface area (Å²) in [4.78, 5) is 4.54. The van der Waals surface area contributed by atoms with Crippen molar-refractivity contribution in [3.63, 3.8) is 0 Å². The van der Waals surface area contributed by atoms with Crippen LogP contribution in [-0.4, -0.2) is 32.8 Å². The highest BCUT2D eigenvalue weighted by Gasteiger charge is 1.94. The van der Waals surface area contributed by atoms with E-state index in [1.165, 1.54) is 5.56 Å². The molecule has 17 heavy (non-hydrogen) atoms. The lowest BCUT2D eigenvalue weighted by Crippen LogP contribution is -2.00. The van der Waals surface area contributed by atoms with Crippen LogP contribution < -0.4 is 0 Å². The molecule has 1 aromatic carbocycles. The highest BCUT2D eigenvalue weighted by molar-refractivity contribution is 5.98. The summed E-state index contributed by atoms with van der Waals surface area (Å²) in [6.07, 6.45) is 2.07. The van der Waals surface area contributed by atoms with Crippen molar-refractivity contribution in [2.45, 2.75) is 19.8 Å². The highest BCUT2D eigenvalue weighted by atomic mass is 16.7. The zero-order chi connectivity index (χ0) is 12.3. The first-order chi connectivity index (χ1) is 8.34. The lowest BCUT2D eigenvalue weighted by atomic mass is 10.1. The molecule has 0 heterocycles. The van der Waals surface area contributed by atoms with Crippen LogP contribution >= 0.6 is 0 Å². The maximum absolute atomic E-state index is 5.20. The van der Waals surface area contributed by atoms with Crippen LogP contribution in [0.25, 0.3) is 0 Å². The first-order valence-corrected chi connectivity index (χ1v) is 5.97. The fraction of sp³-hybridized carbons (Fsp3) is 0.500. The van der Waals surface area contributed by atoms with Gasteiger partial charge in [0.15, 0.2) is 0 Å². The van der Waals surface area contributed by atoms with E-state index < -0.39 is 0 Å². The van der Waals surface area contributed by atoms with Gasteiger partial charge in [-0.25, -0.2) is 0 Å². The number of rotatable bonds is 8. The molecule has 0 N–H and O–H groups in total. The van der Waals surface area contributed by atoms with Crippen LogP contribution in [0, 0.1) is 0 Å². The average molecular weight is 235 g/mol. The minimum atomic E-state index is 0.381. The maximum atomic E-state index is 5.20. The molecule has 94 valence electrons. The molecule has 1 aromatic rings. The Kier molecular flexibility index (Phi) is 7.27. The van der Waals surface area contributed by atoms with Gasteiger partial charge in [-0.15, -0.1) is 0 Å². The minimum Gasteiger partial charge on any atom is -0.359 e. The summed E-state index contributed by atoms with van der Waals surface area (Å²) in [6, 6.07) is 10.3. The topological polar surface area (TPSA) is 30.8 Å². The van der Waals surface area contributed by atoms with Crippen molar-refractivity contribution in [3.05, 3.63) is 35.9 Å². The lowest BCUT2D eigenvalue weighted by molar-refractivity contribution is -0.0313. The standard InChI is InChI=1S/C14H21NO2/c1-13(14-8-4-3-5-9-14)15-10-6-7-11-17-12-16-2/h3-5,8-9H,6-7,10-12H2,1-2H3. The van der Waals surface area contributed by atoms with E-state index in [1.54, 1.807) is 7.11 Å². The third kappa shape index (κ3) is 6.19. The molecule has 3 nitrogen and oxygen atoms in total. The summed E-state index contributed by atoms with van der Waals surface area (Å²) in [5.74, 6) is 0. The Labute approximate surface area is 103 Å². The second-order valence-electron chi connectivity index (χ2n) is 3.86. The Morgan fingerprint density at radius 1 is 1.18 bits per heavy atom. The summed E-state index contributed by atoms with van der Waals surface area (Å²) >= 11 is 0. The molecule has 0 fully saturated rings. The normalized spacial score (nSPS) is 11.8. The molecule has 1 rings (SSSR count). The molecule has 0 aliphatic heterocycles. The Balaban J connectivity index is 2.16. The smallest absolute Gasteiger partial charge is 0.146 e. The second kappa shape index (κ2) is 8.90. The molecule has 3 heteroatoms. The Morgan fingerprint density at radius 2 is 1.94 bits per heavy atom. The predicted molar refractivity (Wildman–Crippen MR) is 70.6 cm³/mol. The first-order valence-electron chi connectivity index (χ1n) is 5.97. The maximum Gasteiger partial charge on any atom is 0.146 e. The van der Waals surface area contributed by atoms with E-state index in [4.69, 9.17) is 9.47 Å². The molecular formula is C14H21NO2. The van der Waals surface area contributed by atoms with Crippen LogP contribution in [0.1, 0.15) is 25.3 Å². The van der Waals surface area contributed by atoms with E-state index in [0.29, 0.717) is 6.79 Å². The quantitative estimate of drug-likeness (QED) is 0.394. The Hall–Kier alpha value is -1.19. The highest BCUT2D eigenvalue weighted by Crippen LogP contribution is 2.01. The van der Waals surface area contributed by atoms with Crippen LogP contribution in [0.3, 0.4) is 0 Å². The number of nitrogens with zero attached hydrogens (tertiary/aromatic N) is 1. The van der Waals surface area contributed by atoms with Gasteiger partial charge < -0.3 is 9.47 Å². The predicted octanol–water partition coefficient (Wildman–Crippen LogP) is 2.90. The van der Waals surface area contributed by atoms with Crippen molar-refractivity contribution in [1.29, 1.82) is 0 Å². The lowest BCUT2D eigenvalue weighted by Gasteiger charge is -2.02. The van der Waals surface area contributed by atoms with Gasteiger partial charge in [-0.1, -0.05) is 30.3 Å². The third-order valence-electron chi connectivity index (χ3n) is 2.44. The zero-order valence-corrected chi connectivity index (χ0v) is 10.7. The summed E-state index contributed by atoms with van der Waals surface area (Å²) < 4.78 is 10.00. The van der Waals surface area contributed by atoms with E-state index >= 15 is 0 Å². The van der Waals surface area contributed by atoms with Crippen molar-refractivity contribution in [3.8, 4) is 0 Å². The summed E-state index contributed by atoms with van der Waals surface area (Å²) in [5.41, 5.74) is 2.30. The summed E-state index contributed by atoms with van der Waals surface area (Å²) in [5, 5.41) is 0. The van der Waals surface area contributed by atoms with Crippen molar-refractivity contribution >= 4 is 5.71 Å². The van der Waals surface area contributed by atoms with Crippen LogP contribution in [0.4, 0.5) is 0 Å². The van der Waals surface area contributed by atoms with Gasteiger partial charge in [0.2, 0.25) is 0 Å². The molecule has 0 unspecified atom stereocenters. The summed E-state index contributed by atoms with van der Waals surface area (Å²) in [6.45, 7) is 4.04. The molecule has 0 aliphatic carbocycles. The molecule has 0 amide bonds. The van der Waals surface area contributed by atoms with Crippen LogP contribution in [0.15, 0.2) is 35.3 Å². The number of hydrogen-bond acceptors (Lipinski definition) is 3. The number of ether oxygens (including phenoxy) is 2. The van der Waals surface area contributed by atoms with E-state index in [0.717, 1.165) is 31.7 Å². The van der Waals surface area contributed by atoms with Gasteiger partial charge in [-0.2, -0.15) is 0 Å². The first kappa shape index (κ1) is 13.9. The number of unbranched alkanes of at least 4 members (excludes halogenated alkanes) is 1. The van der Waals surface area contributed by atoms with Crippen LogP contribution in [0.2, 0.25) is 0 Å². The monoisotopic (exact) mass is 235 g/mol. The van der Waals surface area contributed by atoms with E-state index in [1.807, 2.05) is 18.2 Å². The van der Waals surface area contributed by atoms with Crippen molar-refractivity contribution in [1.82, 2.24) is 0 Å². The molecular weight excluding hydrogens is 214 g/mol. The third-order valence-corrected chi connectivity index (χ3v) is 2.44. The number of hydrogen-bond donors (Lipinski definition) is 0. The minimum absolute atomic E-state index is 0.381. The second-order valence-corrected chi connectivity index (χ2v) is 3.86. The number of methoxy groups -OCH3 is 1. The van der Waals surface area contributed by atoms with E-state index in [-0.39, 0.29) is 0 Å². The molecule has 0 saturated heterocycles. The van der Waals surface area contributed by atoms with Crippen molar-refractivity contribution in [2.24, 2.45) is 4.99 Å². The van der Waals surface area contributed by atoms with Gasteiger partial charge in [0, 0.05) is 26.0 Å². The zero-order valence-electron chi connectivity index (χ0n) is 10.7. The van der Waals surface area contributed by atoms with Gasteiger partial charge in [-0.05, 0) is 25.3 Å². The van der Waals surface area contributed by atoms with Crippen molar-refractivity contribution in [2.75, 3.05) is 27.1 Å². The Bertz CT molecular complexity index is 322. The molecule has 0 atom stereocenters. The van der Waals surface area contributed by atoms with Gasteiger partial charge >= 0.3 is 0 Å².